The molecule has 6 heteroatoms. The quantitative estimate of drug-likeness (QED) is 0.373. The Morgan fingerprint density at radius 2 is 1.76 bits per heavy atom. The zero-order valence-electron chi connectivity index (χ0n) is 15.4. The number of hydrazone groups is 1. The first kappa shape index (κ1) is 20.6. The van der Waals surface area contributed by atoms with Crippen molar-refractivity contribution >= 4 is 41.4 Å². The predicted octanol–water partition coefficient (Wildman–Crippen LogP) is 6.00. The van der Waals surface area contributed by atoms with Crippen molar-refractivity contribution in [3.63, 3.8) is 0 Å². The molecule has 0 radical (unpaired) electrons. The van der Waals surface area contributed by atoms with Gasteiger partial charge in [0, 0.05) is 21.8 Å². The number of allylic oxidation sites excluding steroid dienone is 1. The number of ether oxygens (including phenoxy) is 1. The molecule has 3 rings (SSSR count). The van der Waals surface area contributed by atoms with Crippen molar-refractivity contribution in [2.24, 2.45) is 5.10 Å². The lowest BCUT2D eigenvalue weighted by Crippen LogP contribution is -2.18. The third-order valence-electron chi connectivity index (χ3n) is 3.94. The highest BCUT2D eigenvalue weighted by molar-refractivity contribution is 6.35. The Balaban J connectivity index is 1.61. The summed E-state index contributed by atoms with van der Waals surface area (Å²) in [5.74, 6) is 0.0678. The number of benzene rings is 3. The lowest BCUT2D eigenvalue weighted by molar-refractivity contribution is 0.0950. The van der Waals surface area contributed by atoms with Crippen molar-refractivity contribution < 1.29 is 9.53 Å². The van der Waals surface area contributed by atoms with E-state index in [1.807, 2.05) is 36.4 Å². The molecule has 0 heterocycles. The fourth-order valence-electron chi connectivity index (χ4n) is 2.49. The van der Waals surface area contributed by atoms with Gasteiger partial charge in [-0.05, 0) is 35.9 Å². The first-order chi connectivity index (χ1) is 14.1. The summed E-state index contributed by atoms with van der Waals surface area (Å²) in [6, 6.07) is 21.9. The van der Waals surface area contributed by atoms with Crippen LogP contribution in [0.3, 0.4) is 0 Å². The minimum Gasteiger partial charge on any atom is -0.488 e. The van der Waals surface area contributed by atoms with E-state index in [9.17, 15) is 4.79 Å². The first-order valence-electron chi connectivity index (χ1n) is 8.84. The normalized spacial score (nSPS) is 11.1. The Morgan fingerprint density at radius 1 is 1.00 bits per heavy atom. The van der Waals surface area contributed by atoms with Gasteiger partial charge < -0.3 is 4.74 Å². The number of hydrogen-bond acceptors (Lipinski definition) is 3. The van der Waals surface area contributed by atoms with E-state index in [0.717, 1.165) is 11.1 Å². The molecule has 0 aromatic heterocycles. The summed E-state index contributed by atoms with van der Waals surface area (Å²) in [6.07, 6.45) is 5.16. The number of nitrogens with zero attached hydrogens (tertiary/aromatic N) is 1. The van der Waals surface area contributed by atoms with Crippen molar-refractivity contribution in [2.75, 3.05) is 0 Å². The third kappa shape index (κ3) is 6.21. The molecule has 29 heavy (non-hydrogen) atoms. The average Bonchev–Trinajstić information content (AvgIpc) is 2.74. The van der Waals surface area contributed by atoms with Crippen molar-refractivity contribution in [3.05, 3.63) is 106 Å². The smallest absolute Gasteiger partial charge is 0.275 e. The number of rotatable bonds is 7. The SMILES string of the molecule is O=C(N/N=C\C=C\c1ccccc1)c1ccccc1OCc1ccc(Cl)cc1Cl. The fraction of sp³-hybridized carbons (Fsp3) is 0.0435. The Morgan fingerprint density at radius 3 is 2.55 bits per heavy atom. The Bertz CT molecular complexity index is 1030. The molecule has 0 unspecified atom stereocenters. The van der Waals surface area contributed by atoms with Crippen LogP contribution >= 0.6 is 23.2 Å². The van der Waals surface area contributed by atoms with Gasteiger partial charge in [-0.25, -0.2) is 5.43 Å². The molecule has 3 aromatic rings. The van der Waals surface area contributed by atoms with Crippen LogP contribution in [0.2, 0.25) is 10.0 Å². The van der Waals surface area contributed by atoms with Crippen LogP contribution in [0.25, 0.3) is 6.08 Å². The van der Waals surface area contributed by atoms with Gasteiger partial charge in [-0.1, -0.05) is 77.8 Å². The standard InChI is InChI=1S/C23H18Cl2N2O2/c24-19-13-12-18(21(25)15-19)16-29-22-11-5-4-10-20(22)23(28)27-26-14-6-9-17-7-2-1-3-8-17/h1-15H,16H2,(H,27,28)/b9-6+,26-14-. The second-order valence-corrected chi connectivity index (χ2v) is 6.85. The van der Waals surface area contributed by atoms with E-state index in [0.29, 0.717) is 21.4 Å². The molecular formula is C23H18Cl2N2O2. The summed E-state index contributed by atoms with van der Waals surface area (Å²) >= 11 is 12.1. The van der Waals surface area contributed by atoms with Gasteiger partial charge in [0.2, 0.25) is 0 Å². The molecule has 0 saturated carbocycles. The van der Waals surface area contributed by atoms with E-state index in [4.69, 9.17) is 27.9 Å². The van der Waals surface area contributed by atoms with Gasteiger partial charge >= 0.3 is 0 Å². The zero-order valence-corrected chi connectivity index (χ0v) is 16.9. The van der Waals surface area contributed by atoms with Gasteiger partial charge in [-0.3, -0.25) is 4.79 Å². The van der Waals surface area contributed by atoms with E-state index >= 15 is 0 Å². The molecule has 0 atom stereocenters. The fourth-order valence-corrected chi connectivity index (χ4v) is 2.95. The van der Waals surface area contributed by atoms with Crippen LogP contribution in [-0.4, -0.2) is 12.1 Å². The number of para-hydroxylation sites is 1. The summed E-state index contributed by atoms with van der Waals surface area (Å²) in [5.41, 5.74) is 4.69. The highest BCUT2D eigenvalue weighted by atomic mass is 35.5. The second kappa shape index (κ2) is 10.5. The van der Waals surface area contributed by atoms with Crippen LogP contribution in [0.4, 0.5) is 0 Å². The van der Waals surface area contributed by atoms with Gasteiger partial charge in [-0.2, -0.15) is 5.10 Å². The molecule has 4 nitrogen and oxygen atoms in total. The summed E-state index contributed by atoms with van der Waals surface area (Å²) < 4.78 is 5.80. The summed E-state index contributed by atoms with van der Waals surface area (Å²) in [5, 5.41) is 5.01. The Labute approximate surface area is 179 Å². The number of carbonyl (C=O) groups is 1. The molecule has 0 aliphatic rings. The highest BCUT2D eigenvalue weighted by Crippen LogP contribution is 2.24. The predicted molar refractivity (Wildman–Crippen MR) is 119 cm³/mol. The van der Waals surface area contributed by atoms with Crippen LogP contribution in [-0.2, 0) is 6.61 Å². The maximum atomic E-state index is 12.4. The topological polar surface area (TPSA) is 50.7 Å². The maximum Gasteiger partial charge on any atom is 0.275 e. The van der Waals surface area contributed by atoms with Crippen molar-refractivity contribution in [1.82, 2.24) is 5.43 Å². The molecule has 0 saturated heterocycles. The molecule has 146 valence electrons. The van der Waals surface area contributed by atoms with E-state index < -0.39 is 0 Å². The Hall–Kier alpha value is -3.08. The number of nitrogens with one attached hydrogen (secondary N) is 1. The highest BCUT2D eigenvalue weighted by Gasteiger charge is 2.12. The summed E-state index contributed by atoms with van der Waals surface area (Å²) in [7, 11) is 0. The van der Waals surface area contributed by atoms with E-state index in [2.05, 4.69) is 10.5 Å². The number of amides is 1. The molecule has 0 aliphatic heterocycles. The molecule has 0 bridgehead atoms. The van der Waals surface area contributed by atoms with Crippen LogP contribution in [0.5, 0.6) is 5.75 Å². The molecule has 1 amide bonds. The molecule has 3 aromatic carbocycles. The summed E-state index contributed by atoms with van der Waals surface area (Å²) in [4.78, 5) is 12.4. The van der Waals surface area contributed by atoms with Gasteiger partial charge in [0.1, 0.15) is 12.4 Å². The van der Waals surface area contributed by atoms with Gasteiger partial charge in [-0.15, -0.1) is 0 Å². The molecule has 0 spiro atoms. The lowest BCUT2D eigenvalue weighted by Gasteiger charge is -2.11. The number of halogens is 2. The van der Waals surface area contributed by atoms with Gasteiger partial charge in [0.25, 0.3) is 5.91 Å². The molecule has 1 N–H and O–H groups in total. The molecular weight excluding hydrogens is 407 g/mol. The monoisotopic (exact) mass is 424 g/mol. The largest absolute Gasteiger partial charge is 0.488 e. The van der Waals surface area contributed by atoms with Crippen LogP contribution in [0.15, 0.2) is 84.0 Å². The Kier molecular flexibility index (Phi) is 7.45. The third-order valence-corrected chi connectivity index (χ3v) is 4.53. The minimum atomic E-state index is -0.368. The van der Waals surface area contributed by atoms with Crippen LogP contribution in [0.1, 0.15) is 21.5 Å². The number of carbonyl (C=O) groups excluding carboxylic acids is 1. The number of hydrogen-bond donors (Lipinski definition) is 1. The van der Waals surface area contributed by atoms with Crippen LogP contribution in [0, 0.1) is 0 Å². The van der Waals surface area contributed by atoms with E-state index in [1.165, 1.54) is 6.21 Å². The lowest BCUT2D eigenvalue weighted by atomic mass is 10.2. The van der Waals surface area contributed by atoms with Gasteiger partial charge in [0.15, 0.2) is 0 Å². The first-order valence-corrected chi connectivity index (χ1v) is 9.60. The maximum absolute atomic E-state index is 12.4. The van der Waals surface area contributed by atoms with E-state index in [-0.39, 0.29) is 12.5 Å². The summed E-state index contributed by atoms with van der Waals surface area (Å²) in [6.45, 7) is 0.212. The van der Waals surface area contributed by atoms with Crippen molar-refractivity contribution in [3.8, 4) is 5.75 Å². The zero-order chi connectivity index (χ0) is 20.5. The second-order valence-electron chi connectivity index (χ2n) is 6.01. The molecule has 0 aliphatic carbocycles. The molecule has 0 fully saturated rings. The van der Waals surface area contributed by atoms with E-state index in [1.54, 1.807) is 48.5 Å². The van der Waals surface area contributed by atoms with Crippen molar-refractivity contribution in [1.29, 1.82) is 0 Å². The van der Waals surface area contributed by atoms with Crippen molar-refractivity contribution in [2.45, 2.75) is 6.61 Å². The van der Waals surface area contributed by atoms with Gasteiger partial charge in [0.05, 0.1) is 5.56 Å². The average molecular weight is 425 g/mol. The minimum absolute atomic E-state index is 0.212. The van der Waals surface area contributed by atoms with Crippen LogP contribution < -0.4 is 10.2 Å².